The predicted molar refractivity (Wildman–Crippen MR) is 83.9 cm³/mol. The van der Waals surface area contributed by atoms with Crippen LogP contribution in [0.3, 0.4) is 0 Å². The molecule has 1 aromatic rings. The predicted octanol–water partition coefficient (Wildman–Crippen LogP) is 2.03. The van der Waals surface area contributed by atoms with Gasteiger partial charge in [0.05, 0.1) is 12.8 Å². The van der Waals surface area contributed by atoms with Gasteiger partial charge in [0.2, 0.25) is 10.0 Å². The summed E-state index contributed by atoms with van der Waals surface area (Å²) in [5.74, 6) is 1.10. The summed E-state index contributed by atoms with van der Waals surface area (Å²) in [6.07, 6.45) is 6.64. The van der Waals surface area contributed by atoms with Crippen molar-refractivity contribution in [2.24, 2.45) is 5.92 Å². The number of nitrogens with one attached hydrogen (secondary N) is 2. The van der Waals surface area contributed by atoms with Gasteiger partial charge in [-0.25, -0.2) is 13.1 Å². The quantitative estimate of drug-likeness (QED) is 0.836. The van der Waals surface area contributed by atoms with Crippen LogP contribution in [-0.4, -0.2) is 26.6 Å². The number of hydrogen-bond donors (Lipinski definition) is 2. The molecule has 0 aromatic carbocycles. The van der Waals surface area contributed by atoms with Crippen LogP contribution in [-0.2, 0) is 16.6 Å². The van der Waals surface area contributed by atoms with Crippen LogP contribution in [0.25, 0.3) is 0 Å². The van der Waals surface area contributed by atoms with E-state index in [1.807, 2.05) is 0 Å². The zero-order chi connectivity index (χ0) is 16.2. The Morgan fingerprint density at radius 1 is 1.36 bits per heavy atom. The van der Waals surface area contributed by atoms with Gasteiger partial charge in [-0.2, -0.15) is 0 Å². The second kappa shape index (κ2) is 7.28. The number of rotatable bonds is 6. The average molecular weight is 328 g/mol. The highest BCUT2D eigenvalue weighted by Gasteiger charge is 2.23. The van der Waals surface area contributed by atoms with Crippen molar-refractivity contribution in [2.45, 2.75) is 51.6 Å². The van der Waals surface area contributed by atoms with Crippen molar-refractivity contribution >= 4 is 15.9 Å². The third-order valence-corrected chi connectivity index (χ3v) is 4.76. The van der Waals surface area contributed by atoms with Gasteiger partial charge in [0.1, 0.15) is 5.76 Å². The largest absolute Gasteiger partial charge is 0.455 e. The zero-order valence-corrected chi connectivity index (χ0v) is 13.9. The molecule has 2 N–H and O–H groups in total. The van der Waals surface area contributed by atoms with Gasteiger partial charge in [-0.3, -0.25) is 4.79 Å². The first-order valence-electron chi connectivity index (χ1n) is 7.71. The van der Waals surface area contributed by atoms with Gasteiger partial charge in [0, 0.05) is 6.04 Å². The third-order valence-electron chi connectivity index (χ3n) is 4.09. The smallest absolute Gasteiger partial charge is 0.287 e. The molecule has 1 aliphatic rings. The van der Waals surface area contributed by atoms with Crippen LogP contribution in [0, 0.1) is 5.92 Å². The molecular formula is C15H24N2O4S. The lowest BCUT2D eigenvalue weighted by Gasteiger charge is -2.28. The van der Waals surface area contributed by atoms with E-state index < -0.39 is 10.0 Å². The van der Waals surface area contributed by atoms with Crippen LogP contribution in [0.4, 0.5) is 0 Å². The lowest BCUT2D eigenvalue weighted by Crippen LogP contribution is -2.38. The Labute approximate surface area is 131 Å². The van der Waals surface area contributed by atoms with Crippen LogP contribution >= 0.6 is 0 Å². The van der Waals surface area contributed by atoms with Crippen molar-refractivity contribution in [3.05, 3.63) is 23.7 Å². The van der Waals surface area contributed by atoms with E-state index in [0.29, 0.717) is 11.7 Å². The lowest BCUT2D eigenvalue weighted by molar-refractivity contribution is 0.0889. The molecule has 1 aromatic heterocycles. The van der Waals surface area contributed by atoms with Gasteiger partial charge in [0.25, 0.3) is 5.91 Å². The summed E-state index contributed by atoms with van der Waals surface area (Å²) in [6.45, 7) is 2.23. The van der Waals surface area contributed by atoms with E-state index in [0.717, 1.165) is 31.9 Å². The monoisotopic (exact) mass is 328 g/mol. The Hall–Kier alpha value is -1.34. The van der Waals surface area contributed by atoms with Crippen LogP contribution < -0.4 is 10.0 Å². The van der Waals surface area contributed by atoms with E-state index in [4.69, 9.17) is 4.42 Å². The first kappa shape index (κ1) is 17.0. The average Bonchev–Trinajstić information content (AvgIpc) is 2.94. The van der Waals surface area contributed by atoms with Gasteiger partial charge >= 0.3 is 0 Å². The molecule has 0 aliphatic heterocycles. The Kier molecular flexibility index (Phi) is 5.63. The highest BCUT2D eigenvalue weighted by molar-refractivity contribution is 7.88. The highest BCUT2D eigenvalue weighted by Crippen LogP contribution is 2.26. The second-order valence-corrected chi connectivity index (χ2v) is 7.80. The molecule has 1 fully saturated rings. The molecular weight excluding hydrogens is 304 g/mol. The van der Waals surface area contributed by atoms with Crippen LogP contribution in [0.1, 0.15) is 55.3 Å². The van der Waals surface area contributed by atoms with E-state index in [2.05, 4.69) is 17.0 Å². The normalized spacial score (nSPS) is 22.5. The number of amides is 1. The fourth-order valence-electron chi connectivity index (χ4n) is 2.85. The minimum absolute atomic E-state index is 0.0491. The lowest BCUT2D eigenvalue weighted by atomic mass is 9.84. The molecule has 1 amide bonds. The molecule has 2 rings (SSSR count). The van der Waals surface area contributed by atoms with Crippen molar-refractivity contribution in [1.82, 2.24) is 10.0 Å². The van der Waals surface area contributed by atoms with E-state index in [1.54, 1.807) is 12.1 Å². The summed E-state index contributed by atoms with van der Waals surface area (Å²) < 4.78 is 29.8. The number of hydrogen-bond acceptors (Lipinski definition) is 4. The molecule has 0 bridgehead atoms. The highest BCUT2D eigenvalue weighted by atomic mass is 32.2. The maximum absolute atomic E-state index is 12.2. The molecule has 1 heterocycles. The summed E-state index contributed by atoms with van der Waals surface area (Å²) in [7, 11) is -3.28. The molecule has 124 valence electrons. The Morgan fingerprint density at radius 3 is 2.82 bits per heavy atom. The minimum Gasteiger partial charge on any atom is -0.455 e. The Bertz CT molecular complexity index is 609. The molecule has 0 unspecified atom stereocenters. The number of furan rings is 1. The minimum atomic E-state index is -3.28. The molecule has 1 saturated carbocycles. The van der Waals surface area contributed by atoms with Crippen LogP contribution in [0.2, 0.25) is 0 Å². The van der Waals surface area contributed by atoms with Crippen molar-refractivity contribution in [2.75, 3.05) is 6.26 Å². The summed E-state index contributed by atoms with van der Waals surface area (Å²) in [5, 5.41) is 3.01. The maximum atomic E-state index is 12.2. The van der Waals surface area contributed by atoms with E-state index >= 15 is 0 Å². The molecule has 1 aliphatic carbocycles. The second-order valence-electron chi connectivity index (χ2n) is 5.97. The van der Waals surface area contributed by atoms with Gasteiger partial charge in [-0.15, -0.1) is 0 Å². The van der Waals surface area contributed by atoms with E-state index in [1.165, 1.54) is 6.42 Å². The first-order valence-corrected chi connectivity index (χ1v) is 9.60. The van der Waals surface area contributed by atoms with Gasteiger partial charge in [-0.1, -0.05) is 26.2 Å². The Morgan fingerprint density at radius 2 is 2.14 bits per heavy atom. The molecule has 2 atom stereocenters. The van der Waals surface area contributed by atoms with Crippen LogP contribution in [0.5, 0.6) is 0 Å². The molecule has 0 spiro atoms. The molecule has 22 heavy (non-hydrogen) atoms. The van der Waals surface area contributed by atoms with Crippen molar-refractivity contribution in [1.29, 1.82) is 0 Å². The Balaban J connectivity index is 1.89. The maximum Gasteiger partial charge on any atom is 0.287 e. The van der Waals surface area contributed by atoms with Crippen molar-refractivity contribution in [3.63, 3.8) is 0 Å². The first-order chi connectivity index (χ1) is 10.4. The molecule has 7 heteroatoms. The summed E-state index contributed by atoms with van der Waals surface area (Å²) in [5.41, 5.74) is 0. The van der Waals surface area contributed by atoms with E-state index in [9.17, 15) is 13.2 Å². The number of sulfonamides is 1. The van der Waals surface area contributed by atoms with Gasteiger partial charge < -0.3 is 9.73 Å². The fourth-order valence-corrected chi connectivity index (χ4v) is 3.25. The van der Waals surface area contributed by atoms with Crippen LogP contribution in [0.15, 0.2) is 16.5 Å². The van der Waals surface area contributed by atoms with Crippen molar-refractivity contribution in [3.8, 4) is 0 Å². The topological polar surface area (TPSA) is 88.4 Å². The number of carbonyl (C=O) groups is 1. The summed E-state index contributed by atoms with van der Waals surface area (Å²) >= 11 is 0. The fraction of sp³-hybridized carbons (Fsp3) is 0.667. The molecule has 0 radical (unpaired) electrons. The molecule has 6 nitrogen and oxygen atoms in total. The summed E-state index contributed by atoms with van der Waals surface area (Å²) in [6, 6.07) is 3.39. The number of carbonyl (C=O) groups excluding carboxylic acids is 1. The molecule has 0 saturated heterocycles. The standard InChI is InChI=1S/C15H24N2O4S/c1-3-11-5-4-6-12(9-11)17-15(18)14-8-7-13(21-14)10-16-22(2,19)20/h7-8,11-12,16H,3-6,9-10H2,1-2H3,(H,17,18)/t11-,12-/m1/s1. The zero-order valence-electron chi connectivity index (χ0n) is 13.1. The summed E-state index contributed by atoms with van der Waals surface area (Å²) in [4.78, 5) is 12.2. The third kappa shape index (κ3) is 5.14. The van der Waals surface area contributed by atoms with Crippen molar-refractivity contribution < 1.29 is 17.6 Å². The van der Waals surface area contributed by atoms with E-state index in [-0.39, 0.29) is 24.3 Å². The van der Waals surface area contributed by atoms with Gasteiger partial charge in [0.15, 0.2) is 5.76 Å². The SMILES string of the molecule is CC[C@@H]1CCC[C@@H](NC(=O)c2ccc(CNS(C)(=O)=O)o2)C1. The van der Waals surface area contributed by atoms with Gasteiger partial charge in [-0.05, 0) is 30.9 Å².